The number of H-pyrrole nitrogens is 1. The van der Waals surface area contributed by atoms with Crippen molar-refractivity contribution >= 4 is 16.8 Å². The molecule has 0 unspecified atom stereocenters. The summed E-state index contributed by atoms with van der Waals surface area (Å²) < 4.78 is 16.7. The summed E-state index contributed by atoms with van der Waals surface area (Å²) >= 11 is 0. The minimum Gasteiger partial charge on any atom is -0.493 e. The molecule has 1 aliphatic heterocycles. The summed E-state index contributed by atoms with van der Waals surface area (Å²) in [4.78, 5) is 18.9. The van der Waals surface area contributed by atoms with E-state index in [9.17, 15) is 4.79 Å². The molecule has 0 aliphatic carbocycles. The van der Waals surface area contributed by atoms with Crippen molar-refractivity contribution < 1.29 is 19.0 Å². The maximum absolute atomic E-state index is 13.1. The summed E-state index contributed by atoms with van der Waals surface area (Å²) in [5.74, 6) is 1.15. The number of carbonyl (C=O) groups is 1. The molecule has 0 saturated carbocycles. The summed E-state index contributed by atoms with van der Waals surface area (Å²) in [6.07, 6.45) is 3.29. The van der Waals surface area contributed by atoms with Gasteiger partial charge in [-0.3, -0.25) is 9.69 Å². The van der Waals surface area contributed by atoms with Gasteiger partial charge in [-0.1, -0.05) is 37.3 Å². The van der Waals surface area contributed by atoms with Gasteiger partial charge in [0.25, 0.3) is 0 Å². The number of aromatic amines is 1. The highest BCUT2D eigenvalue weighted by Crippen LogP contribution is 2.42. The fraction of sp³-hybridized carbons (Fsp3) is 0.444. The van der Waals surface area contributed by atoms with Crippen LogP contribution in [-0.2, 0) is 16.0 Å². The van der Waals surface area contributed by atoms with Crippen molar-refractivity contribution in [2.45, 2.75) is 25.7 Å². The van der Waals surface area contributed by atoms with Crippen molar-refractivity contribution in [3.05, 3.63) is 59.3 Å². The smallest absolute Gasteiger partial charge is 0.220 e. The van der Waals surface area contributed by atoms with Crippen LogP contribution in [0.25, 0.3) is 10.9 Å². The van der Waals surface area contributed by atoms with Crippen LogP contribution in [0.3, 0.4) is 0 Å². The number of para-hydroxylation sites is 2. The van der Waals surface area contributed by atoms with Crippen molar-refractivity contribution in [2.75, 3.05) is 53.6 Å². The van der Waals surface area contributed by atoms with Crippen LogP contribution < -0.4 is 14.8 Å². The van der Waals surface area contributed by atoms with Crippen LogP contribution in [0.4, 0.5) is 0 Å². The third kappa shape index (κ3) is 5.21. The molecule has 7 heteroatoms. The lowest BCUT2D eigenvalue weighted by Crippen LogP contribution is -2.41. The molecule has 2 N–H and O–H groups in total. The number of nitrogens with zero attached hydrogens (tertiary/aromatic N) is 1. The minimum absolute atomic E-state index is 0.0177. The summed E-state index contributed by atoms with van der Waals surface area (Å²) in [5.41, 5.74) is 4.41. The predicted molar refractivity (Wildman–Crippen MR) is 134 cm³/mol. The molecule has 182 valence electrons. The fourth-order valence-electron chi connectivity index (χ4n) is 4.83. The van der Waals surface area contributed by atoms with Gasteiger partial charge >= 0.3 is 0 Å². The first-order valence-electron chi connectivity index (χ1n) is 12.0. The van der Waals surface area contributed by atoms with E-state index in [0.29, 0.717) is 24.5 Å². The van der Waals surface area contributed by atoms with Crippen LogP contribution >= 0.6 is 0 Å². The summed E-state index contributed by atoms with van der Waals surface area (Å²) in [6.45, 7) is 6.94. The number of nitrogens with one attached hydrogen (secondary N) is 2. The third-order valence-electron chi connectivity index (χ3n) is 6.64. The Kier molecular flexibility index (Phi) is 8.08. The number of benzene rings is 2. The number of rotatable bonds is 10. The van der Waals surface area contributed by atoms with Crippen LogP contribution in [-0.4, -0.2) is 69.4 Å². The molecular formula is C27H35N3O4. The van der Waals surface area contributed by atoms with Gasteiger partial charge in [0, 0.05) is 61.2 Å². The summed E-state index contributed by atoms with van der Waals surface area (Å²) in [6, 6.07) is 12.2. The first-order chi connectivity index (χ1) is 16.7. The number of fused-ring (bicyclic) bond motifs is 1. The molecule has 1 amide bonds. The average molecular weight is 466 g/mol. The van der Waals surface area contributed by atoms with Gasteiger partial charge in [0.15, 0.2) is 11.5 Å². The molecule has 1 aliphatic rings. The van der Waals surface area contributed by atoms with E-state index in [1.165, 1.54) is 5.56 Å². The van der Waals surface area contributed by atoms with E-state index in [1.807, 2.05) is 24.4 Å². The quantitative estimate of drug-likeness (QED) is 0.477. The van der Waals surface area contributed by atoms with Gasteiger partial charge in [-0.15, -0.1) is 0 Å². The number of amides is 1. The number of carbonyl (C=O) groups excluding carboxylic acids is 1. The van der Waals surface area contributed by atoms with Crippen molar-refractivity contribution in [3.8, 4) is 11.5 Å². The molecule has 4 rings (SSSR count). The van der Waals surface area contributed by atoms with Gasteiger partial charge in [0.05, 0.1) is 27.4 Å². The Morgan fingerprint density at radius 2 is 1.91 bits per heavy atom. The van der Waals surface area contributed by atoms with Gasteiger partial charge in [0.1, 0.15) is 0 Å². The Labute approximate surface area is 201 Å². The van der Waals surface area contributed by atoms with Crippen LogP contribution in [0, 0.1) is 0 Å². The molecule has 0 radical (unpaired) electrons. The van der Waals surface area contributed by atoms with E-state index in [0.717, 1.165) is 61.3 Å². The van der Waals surface area contributed by atoms with Crippen LogP contribution in [0.2, 0.25) is 0 Å². The van der Waals surface area contributed by atoms with E-state index < -0.39 is 0 Å². The lowest BCUT2D eigenvalue weighted by Gasteiger charge is -2.26. The predicted octanol–water partition coefficient (Wildman–Crippen LogP) is 3.72. The average Bonchev–Trinajstić information content (AvgIpc) is 3.31. The number of aromatic nitrogens is 1. The Hall–Kier alpha value is -3.03. The second-order valence-electron chi connectivity index (χ2n) is 8.58. The Balaban J connectivity index is 1.62. The highest BCUT2D eigenvalue weighted by Gasteiger charge is 2.26. The highest BCUT2D eigenvalue weighted by molar-refractivity contribution is 5.88. The van der Waals surface area contributed by atoms with Gasteiger partial charge in [0.2, 0.25) is 5.91 Å². The Bertz CT molecular complexity index is 1100. The molecule has 2 aromatic carbocycles. The van der Waals surface area contributed by atoms with Gasteiger partial charge < -0.3 is 24.5 Å². The molecule has 1 aromatic heterocycles. The second-order valence-corrected chi connectivity index (χ2v) is 8.58. The minimum atomic E-state index is -0.186. The fourth-order valence-corrected chi connectivity index (χ4v) is 4.83. The van der Waals surface area contributed by atoms with Crippen LogP contribution in [0.5, 0.6) is 11.5 Å². The molecule has 1 saturated heterocycles. The maximum Gasteiger partial charge on any atom is 0.220 e. The molecule has 0 spiro atoms. The van der Waals surface area contributed by atoms with Gasteiger partial charge in [-0.25, -0.2) is 0 Å². The van der Waals surface area contributed by atoms with Gasteiger partial charge in [-0.2, -0.15) is 0 Å². The van der Waals surface area contributed by atoms with E-state index in [1.54, 1.807) is 14.2 Å². The lowest BCUT2D eigenvalue weighted by molar-refractivity contribution is -0.121. The Morgan fingerprint density at radius 1 is 1.12 bits per heavy atom. The van der Waals surface area contributed by atoms with E-state index in [4.69, 9.17) is 14.2 Å². The molecule has 0 bridgehead atoms. The summed E-state index contributed by atoms with van der Waals surface area (Å²) in [7, 11) is 3.28. The van der Waals surface area contributed by atoms with Crippen molar-refractivity contribution in [1.29, 1.82) is 0 Å². The topological polar surface area (TPSA) is 75.8 Å². The molecule has 2 heterocycles. The normalized spacial score (nSPS) is 15.3. The maximum atomic E-state index is 13.1. The van der Waals surface area contributed by atoms with E-state index in [-0.39, 0.29) is 11.8 Å². The SMILES string of the molecule is CCc1cccc2c([C@@H](CC(=O)NCCN3CCOCC3)c3cccc(OC)c3OC)c[nH]c12. The highest BCUT2D eigenvalue weighted by atomic mass is 16.5. The Morgan fingerprint density at radius 3 is 2.65 bits per heavy atom. The number of morpholine rings is 1. The third-order valence-corrected chi connectivity index (χ3v) is 6.64. The standard InChI is InChI=1S/C27H35N3O4/c1-4-19-7-5-8-20-23(18-29-26(19)20)22(21-9-6-10-24(32-2)27(21)33-3)17-25(31)28-11-12-30-13-15-34-16-14-30/h5-10,18,22,29H,4,11-17H2,1-3H3,(H,28,31)/t22-/m0/s1. The van der Waals surface area contributed by atoms with Crippen molar-refractivity contribution in [3.63, 3.8) is 0 Å². The zero-order valence-electron chi connectivity index (χ0n) is 20.4. The first kappa shape index (κ1) is 24.1. The number of hydrogen-bond acceptors (Lipinski definition) is 5. The van der Waals surface area contributed by atoms with Crippen LogP contribution in [0.15, 0.2) is 42.6 Å². The lowest BCUT2D eigenvalue weighted by atomic mass is 9.86. The summed E-state index contributed by atoms with van der Waals surface area (Å²) in [5, 5.41) is 4.26. The first-order valence-corrected chi connectivity index (χ1v) is 12.0. The molecule has 7 nitrogen and oxygen atoms in total. The number of methoxy groups -OCH3 is 2. The molecular weight excluding hydrogens is 430 g/mol. The van der Waals surface area contributed by atoms with E-state index >= 15 is 0 Å². The second kappa shape index (κ2) is 11.4. The molecule has 1 fully saturated rings. The molecule has 34 heavy (non-hydrogen) atoms. The van der Waals surface area contributed by atoms with Crippen molar-refractivity contribution in [1.82, 2.24) is 15.2 Å². The zero-order chi connectivity index (χ0) is 23.9. The van der Waals surface area contributed by atoms with Crippen molar-refractivity contribution in [2.24, 2.45) is 0 Å². The largest absolute Gasteiger partial charge is 0.493 e. The molecule has 3 aromatic rings. The number of aryl methyl sites for hydroxylation is 1. The zero-order valence-corrected chi connectivity index (χ0v) is 20.4. The number of hydrogen-bond donors (Lipinski definition) is 2. The molecule has 1 atom stereocenters. The van der Waals surface area contributed by atoms with Crippen LogP contribution in [0.1, 0.15) is 36.0 Å². The van der Waals surface area contributed by atoms with E-state index in [2.05, 4.69) is 40.3 Å². The van der Waals surface area contributed by atoms with Gasteiger partial charge in [-0.05, 0) is 23.6 Å². The monoisotopic (exact) mass is 465 g/mol. The number of ether oxygens (including phenoxy) is 3.